The number of ether oxygens (including phenoxy) is 1. The van der Waals surface area contributed by atoms with Crippen LogP contribution in [0.4, 0.5) is 5.69 Å². The molecule has 0 aliphatic carbocycles. The van der Waals surface area contributed by atoms with Gasteiger partial charge in [-0.3, -0.25) is 4.90 Å². The quantitative estimate of drug-likeness (QED) is 0.834. The zero-order valence-corrected chi connectivity index (χ0v) is 14.6. The van der Waals surface area contributed by atoms with E-state index in [1.807, 2.05) is 0 Å². The number of rotatable bonds is 4. The van der Waals surface area contributed by atoms with Gasteiger partial charge in [0.25, 0.3) is 0 Å². The summed E-state index contributed by atoms with van der Waals surface area (Å²) in [5.74, 6) is 0. The van der Waals surface area contributed by atoms with Gasteiger partial charge in [-0.15, -0.1) is 0 Å². The lowest BCUT2D eigenvalue weighted by Gasteiger charge is -2.26. The van der Waals surface area contributed by atoms with E-state index in [1.165, 1.54) is 5.56 Å². The van der Waals surface area contributed by atoms with E-state index in [1.54, 1.807) is 0 Å². The maximum Gasteiger partial charge on any atom is 0.170 e. The molecule has 0 atom stereocenters. The Morgan fingerprint density at radius 2 is 1.82 bits per heavy atom. The number of hydrogen-bond acceptors (Lipinski definition) is 3. The van der Waals surface area contributed by atoms with Gasteiger partial charge in [0.2, 0.25) is 0 Å². The molecule has 1 aromatic carbocycles. The highest BCUT2D eigenvalue weighted by Crippen LogP contribution is 2.23. The monoisotopic (exact) mass is 321 g/mol. The fraction of sp³-hybridized carbons (Fsp3) is 0.588. The molecule has 1 fully saturated rings. The Balaban J connectivity index is 1.72. The third-order valence-electron chi connectivity index (χ3n) is 3.83. The van der Waals surface area contributed by atoms with Crippen LogP contribution >= 0.6 is 12.2 Å². The number of hydrogen-bond donors (Lipinski definition) is 2. The van der Waals surface area contributed by atoms with Crippen molar-refractivity contribution in [2.75, 3.05) is 44.7 Å². The lowest BCUT2D eigenvalue weighted by molar-refractivity contribution is 0.0389. The molecule has 2 N–H and O–H groups in total. The van der Waals surface area contributed by atoms with Gasteiger partial charge in [0.1, 0.15) is 0 Å². The van der Waals surface area contributed by atoms with E-state index >= 15 is 0 Å². The first-order valence-electron chi connectivity index (χ1n) is 7.91. The molecule has 0 amide bonds. The summed E-state index contributed by atoms with van der Waals surface area (Å²) < 4.78 is 5.34. The van der Waals surface area contributed by atoms with E-state index < -0.39 is 0 Å². The van der Waals surface area contributed by atoms with Gasteiger partial charge in [-0.25, -0.2) is 0 Å². The fourth-order valence-electron chi connectivity index (χ4n) is 2.38. The summed E-state index contributed by atoms with van der Waals surface area (Å²) in [6, 6.07) is 8.46. The number of anilines is 1. The Bertz CT molecular complexity index is 476. The summed E-state index contributed by atoms with van der Waals surface area (Å²) in [5.41, 5.74) is 2.52. The van der Waals surface area contributed by atoms with Crippen LogP contribution < -0.4 is 10.6 Å². The van der Waals surface area contributed by atoms with Crippen molar-refractivity contribution in [2.24, 2.45) is 0 Å². The van der Waals surface area contributed by atoms with E-state index in [4.69, 9.17) is 17.0 Å². The van der Waals surface area contributed by atoms with E-state index in [2.05, 4.69) is 60.6 Å². The van der Waals surface area contributed by atoms with Crippen LogP contribution in [0, 0.1) is 0 Å². The maximum atomic E-state index is 5.34. The molecule has 1 aliphatic heterocycles. The molecule has 1 heterocycles. The molecule has 0 bridgehead atoms. The Morgan fingerprint density at radius 3 is 2.41 bits per heavy atom. The van der Waals surface area contributed by atoms with Crippen LogP contribution in [-0.4, -0.2) is 49.4 Å². The van der Waals surface area contributed by atoms with Gasteiger partial charge in [-0.05, 0) is 35.3 Å². The van der Waals surface area contributed by atoms with E-state index in [0.717, 1.165) is 45.1 Å². The summed E-state index contributed by atoms with van der Waals surface area (Å²) in [7, 11) is 0. The highest BCUT2D eigenvalue weighted by molar-refractivity contribution is 7.80. The summed E-state index contributed by atoms with van der Waals surface area (Å²) in [5, 5.41) is 7.17. The minimum atomic E-state index is 0.176. The molecule has 22 heavy (non-hydrogen) atoms. The third-order valence-corrected chi connectivity index (χ3v) is 4.07. The van der Waals surface area contributed by atoms with Gasteiger partial charge in [0.15, 0.2) is 5.11 Å². The zero-order valence-electron chi connectivity index (χ0n) is 13.8. The Kier molecular flexibility index (Phi) is 6.17. The first-order chi connectivity index (χ1) is 10.4. The van der Waals surface area contributed by atoms with Crippen molar-refractivity contribution >= 4 is 23.0 Å². The maximum absolute atomic E-state index is 5.34. The predicted molar refractivity (Wildman–Crippen MR) is 96.6 cm³/mol. The molecule has 1 aliphatic rings. The summed E-state index contributed by atoms with van der Waals surface area (Å²) in [4.78, 5) is 2.39. The largest absolute Gasteiger partial charge is 0.379 e. The Morgan fingerprint density at radius 1 is 1.18 bits per heavy atom. The normalized spacial score (nSPS) is 16.3. The van der Waals surface area contributed by atoms with Crippen LogP contribution in [0.2, 0.25) is 0 Å². The molecule has 0 radical (unpaired) electrons. The van der Waals surface area contributed by atoms with E-state index in [0.29, 0.717) is 5.11 Å². The van der Waals surface area contributed by atoms with Crippen molar-refractivity contribution in [1.29, 1.82) is 0 Å². The van der Waals surface area contributed by atoms with Crippen LogP contribution in [0.3, 0.4) is 0 Å². The van der Waals surface area contributed by atoms with Crippen molar-refractivity contribution in [3.05, 3.63) is 29.8 Å². The average molecular weight is 321 g/mol. The molecule has 4 nitrogen and oxygen atoms in total. The van der Waals surface area contributed by atoms with Crippen molar-refractivity contribution in [3.63, 3.8) is 0 Å². The van der Waals surface area contributed by atoms with Gasteiger partial charge in [0.05, 0.1) is 13.2 Å². The number of morpholine rings is 1. The summed E-state index contributed by atoms with van der Waals surface area (Å²) in [6.45, 7) is 12.2. The standard InChI is InChI=1S/C17H27N3OS/c1-17(2,3)14-4-6-15(7-5-14)19-16(22)18-8-9-20-10-12-21-13-11-20/h4-7H,8-13H2,1-3H3,(H2,18,19,22). The molecule has 0 spiro atoms. The van der Waals surface area contributed by atoms with Crippen LogP contribution in [0.1, 0.15) is 26.3 Å². The van der Waals surface area contributed by atoms with Gasteiger partial charge < -0.3 is 15.4 Å². The molecule has 1 aromatic rings. The van der Waals surface area contributed by atoms with Crippen molar-refractivity contribution in [1.82, 2.24) is 10.2 Å². The van der Waals surface area contributed by atoms with Crippen molar-refractivity contribution in [3.8, 4) is 0 Å². The Labute approximate surface area is 139 Å². The topological polar surface area (TPSA) is 36.5 Å². The van der Waals surface area contributed by atoms with Crippen LogP contribution in [-0.2, 0) is 10.2 Å². The first kappa shape index (κ1) is 17.2. The third kappa shape index (κ3) is 5.55. The summed E-state index contributed by atoms with van der Waals surface area (Å²) in [6.07, 6.45) is 0. The van der Waals surface area contributed by atoms with E-state index in [-0.39, 0.29) is 5.41 Å². The number of benzene rings is 1. The SMILES string of the molecule is CC(C)(C)c1ccc(NC(=S)NCCN2CCOCC2)cc1. The summed E-state index contributed by atoms with van der Waals surface area (Å²) >= 11 is 5.34. The molecule has 0 unspecified atom stereocenters. The number of nitrogens with one attached hydrogen (secondary N) is 2. The van der Waals surface area contributed by atoms with Crippen LogP contribution in [0.25, 0.3) is 0 Å². The molecule has 1 saturated heterocycles. The first-order valence-corrected chi connectivity index (χ1v) is 8.31. The average Bonchev–Trinajstić information content (AvgIpc) is 2.48. The second-order valence-electron chi connectivity index (χ2n) is 6.66. The minimum Gasteiger partial charge on any atom is -0.379 e. The van der Waals surface area contributed by atoms with Gasteiger partial charge >= 0.3 is 0 Å². The van der Waals surface area contributed by atoms with Crippen molar-refractivity contribution < 1.29 is 4.74 Å². The number of nitrogens with zero attached hydrogens (tertiary/aromatic N) is 1. The highest BCUT2D eigenvalue weighted by Gasteiger charge is 2.13. The molecule has 5 heteroatoms. The minimum absolute atomic E-state index is 0.176. The van der Waals surface area contributed by atoms with Crippen molar-refractivity contribution in [2.45, 2.75) is 26.2 Å². The molecule has 2 rings (SSSR count). The molecule has 0 aromatic heterocycles. The van der Waals surface area contributed by atoms with Gasteiger partial charge in [0, 0.05) is 31.9 Å². The lowest BCUT2D eigenvalue weighted by atomic mass is 9.87. The predicted octanol–water partition coefficient (Wildman–Crippen LogP) is 2.60. The van der Waals surface area contributed by atoms with Gasteiger partial charge in [-0.1, -0.05) is 32.9 Å². The smallest absolute Gasteiger partial charge is 0.170 e. The molecular weight excluding hydrogens is 294 g/mol. The lowest BCUT2D eigenvalue weighted by Crippen LogP contribution is -2.42. The van der Waals surface area contributed by atoms with Crippen LogP contribution in [0.15, 0.2) is 24.3 Å². The zero-order chi connectivity index (χ0) is 16.0. The molecule has 0 saturated carbocycles. The van der Waals surface area contributed by atoms with Gasteiger partial charge in [-0.2, -0.15) is 0 Å². The highest BCUT2D eigenvalue weighted by atomic mass is 32.1. The van der Waals surface area contributed by atoms with Crippen LogP contribution in [0.5, 0.6) is 0 Å². The second-order valence-corrected chi connectivity index (χ2v) is 7.07. The molecule has 122 valence electrons. The Hall–Kier alpha value is -1.17. The molecular formula is C17H27N3OS. The second kappa shape index (κ2) is 7.90. The fourth-order valence-corrected chi connectivity index (χ4v) is 2.60. The number of thiocarbonyl (C=S) groups is 1. The van der Waals surface area contributed by atoms with E-state index in [9.17, 15) is 0 Å².